The van der Waals surface area contributed by atoms with Crippen LogP contribution in [-0.2, 0) is 17.9 Å². The molecule has 2 aromatic rings. The average Bonchev–Trinajstić information content (AvgIpc) is 3.02. The van der Waals surface area contributed by atoms with E-state index in [0.717, 1.165) is 12.1 Å². The Bertz CT molecular complexity index is 713. The zero-order chi connectivity index (χ0) is 18.9. The van der Waals surface area contributed by atoms with E-state index in [1.54, 1.807) is 11.3 Å². The molecular weight excluding hydrogens is 346 g/mol. The Morgan fingerprint density at radius 2 is 1.88 bits per heavy atom. The van der Waals surface area contributed by atoms with Crippen LogP contribution in [0.3, 0.4) is 0 Å². The Morgan fingerprint density at radius 3 is 2.50 bits per heavy atom. The number of thiophene rings is 1. The lowest BCUT2D eigenvalue weighted by molar-refractivity contribution is -0.120. The molecule has 0 atom stereocenters. The van der Waals surface area contributed by atoms with Gasteiger partial charge in [-0.2, -0.15) is 0 Å². The number of urea groups is 1. The monoisotopic (exact) mass is 373 g/mol. The van der Waals surface area contributed by atoms with Gasteiger partial charge in [0.2, 0.25) is 5.91 Å². The Balaban J connectivity index is 1.75. The minimum Gasteiger partial charge on any atom is -0.334 e. The molecule has 0 aliphatic rings. The van der Waals surface area contributed by atoms with Crippen molar-refractivity contribution in [2.24, 2.45) is 0 Å². The fourth-order valence-corrected chi connectivity index (χ4v) is 3.46. The van der Waals surface area contributed by atoms with Crippen LogP contribution >= 0.6 is 11.3 Å². The number of amides is 3. The van der Waals surface area contributed by atoms with Gasteiger partial charge in [0, 0.05) is 37.0 Å². The van der Waals surface area contributed by atoms with E-state index in [4.69, 9.17) is 0 Å². The third kappa shape index (κ3) is 6.61. The minimum absolute atomic E-state index is 0.260. The predicted molar refractivity (Wildman–Crippen MR) is 106 cm³/mol. The van der Waals surface area contributed by atoms with E-state index >= 15 is 0 Å². The Kier molecular flexibility index (Phi) is 7.81. The van der Waals surface area contributed by atoms with Gasteiger partial charge >= 0.3 is 6.03 Å². The molecule has 0 saturated heterocycles. The molecule has 3 amide bonds. The first-order valence-electron chi connectivity index (χ1n) is 8.84. The molecular formula is C20H27N3O2S. The van der Waals surface area contributed by atoms with Crippen LogP contribution < -0.4 is 10.6 Å². The second-order valence-corrected chi connectivity index (χ2v) is 7.56. The lowest BCUT2D eigenvalue weighted by Crippen LogP contribution is -2.41. The van der Waals surface area contributed by atoms with Crippen LogP contribution in [0.2, 0.25) is 0 Å². The fourth-order valence-electron chi connectivity index (χ4n) is 2.53. The highest BCUT2D eigenvalue weighted by Crippen LogP contribution is 2.19. The molecule has 1 heterocycles. The summed E-state index contributed by atoms with van der Waals surface area (Å²) in [6.45, 7) is 8.19. The summed E-state index contributed by atoms with van der Waals surface area (Å²) in [4.78, 5) is 27.5. The summed E-state index contributed by atoms with van der Waals surface area (Å²) in [5.41, 5.74) is 2.28. The van der Waals surface area contributed by atoms with Gasteiger partial charge in [0.1, 0.15) is 0 Å². The molecule has 0 unspecified atom stereocenters. The summed E-state index contributed by atoms with van der Waals surface area (Å²) in [6.07, 6.45) is 0.293. The van der Waals surface area contributed by atoms with E-state index < -0.39 is 6.03 Å². The highest BCUT2D eigenvalue weighted by molar-refractivity contribution is 7.10. The lowest BCUT2D eigenvalue weighted by Gasteiger charge is -2.26. The molecule has 0 bridgehead atoms. The minimum atomic E-state index is -0.455. The van der Waals surface area contributed by atoms with Gasteiger partial charge < -0.3 is 5.32 Å². The van der Waals surface area contributed by atoms with Gasteiger partial charge in [0.15, 0.2) is 0 Å². The van der Waals surface area contributed by atoms with Crippen LogP contribution in [0.15, 0.2) is 41.8 Å². The van der Waals surface area contributed by atoms with Gasteiger partial charge in [-0.15, -0.1) is 11.3 Å². The number of nitrogens with zero attached hydrogens (tertiary/aromatic N) is 1. The number of nitrogens with one attached hydrogen (secondary N) is 2. The van der Waals surface area contributed by atoms with Crippen molar-refractivity contribution in [3.8, 4) is 0 Å². The molecule has 140 valence electrons. The first kappa shape index (κ1) is 20.1. The summed E-state index contributed by atoms with van der Waals surface area (Å²) in [5.74, 6) is -0.260. The van der Waals surface area contributed by atoms with Gasteiger partial charge in [-0.05, 0) is 43.3 Å². The summed E-state index contributed by atoms with van der Waals surface area (Å²) < 4.78 is 0. The largest absolute Gasteiger partial charge is 0.334 e. The topological polar surface area (TPSA) is 61.4 Å². The molecule has 6 heteroatoms. The van der Waals surface area contributed by atoms with Crippen molar-refractivity contribution in [1.82, 2.24) is 15.5 Å². The molecule has 0 radical (unpaired) electrons. The van der Waals surface area contributed by atoms with Crippen LogP contribution in [0.5, 0.6) is 0 Å². The number of hydrogen-bond acceptors (Lipinski definition) is 4. The van der Waals surface area contributed by atoms with Crippen LogP contribution in [0.25, 0.3) is 0 Å². The standard InChI is InChI=1S/C20H27N3O2S/c1-15(2)23(14-18-16(3)10-12-26-18)11-9-19(24)22-20(25)21-13-17-7-5-4-6-8-17/h4-8,10,12,15H,9,11,13-14H2,1-3H3,(H2,21,22,24,25). The van der Waals surface area contributed by atoms with Crippen molar-refractivity contribution in [3.05, 3.63) is 57.8 Å². The van der Waals surface area contributed by atoms with E-state index in [9.17, 15) is 9.59 Å². The van der Waals surface area contributed by atoms with Crippen molar-refractivity contribution >= 4 is 23.3 Å². The number of carbonyl (C=O) groups is 2. The molecule has 0 aliphatic heterocycles. The van der Waals surface area contributed by atoms with Crippen LogP contribution in [-0.4, -0.2) is 29.4 Å². The van der Waals surface area contributed by atoms with Gasteiger partial charge in [-0.25, -0.2) is 4.79 Å². The van der Waals surface area contributed by atoms with E-state index in [-0.39, 0.29) is 5.91 Å². The maximum absolute atomic E-state index is 12.1. The molecule has 0 saturated carbocycles. The number of carbonyl (C=O) groups excluding carboxylic acids is 2. The third-order valence-electron chi connectivity index (χ3n) is 4.22. The molecule has 2 rings (SSSR count). The zero-order valence-electron chi connectivity index (χ0n) is 15.6. The second kappa shape index (κ2) is 10.1. The third-order valence-corrected chi connectivity index (χ3v) is 5.23. The summed E-state index contributed by atoms with van der Waals surface area (Å²) in [5, 5.41) is 7.19. The van der Waals surface area contributed by atoms with E-state index in [1.165, 1.54) is 10.4 Å². The van der Waals surface area contributed by atoms with Gasteiger partial charge in [0.05, 0.1) is 0 Å². The maximum Gasteiger partial charge on any atom is 0.321 e. The summed E-state index contributed by atoms with van der Waals surface area (Å²) in [6, 6.07) is 11.6. The Labute approximate surface area is 159 Å². The SMILES string of the molecule is Cc1ccsc1CN(CCC(=O)NC(=O)NCc1ccccc1)C(C)C. The summed E-state index contributed by atoms with van der Waals surface area (Å²) in [7, 11) is 0. The quantitative estimate of drug-likeness (QED) is 0.742. The van der Waals surface area contributed by atoms with Crippen LogP contribution in [0.4, 0.5) is 4.79 Å². The zero-order valence-corrected chi connectivity index (χ0v) is 16.4. The van der Waals surface area contributed by atoms with Crippen molar-refractivity contribution < 1.29 is 9.59 Å². The van der Waals surface area contributed by atoms with Crippen molar-refractivity contribution in [1.29, 1.82) is 0 Å². The summed E-state index contributed by atoms with van der Waals surface area (Å²) >= 11 is 1.74. The molecule has 2 N–H and O–H groups in total. The number of imide groups is 1. The number of hydrogen-bond donors (Lipinski definition) is 2. The second-order valence-electron chi connectivity index (χ2n) is 6.56. The molecule has 0 fully saturated rings. The fraction of sp³-hybridized carbons (Fsp3) is 0.400. The van der Waals surface area contributed by atoms with Gasteiger partial charge in [-0.3, -0.25) is 15.0 Å². The highest BCUT2D eigenvalue weighted by atomic mass is 32.1. The first-order valence-corrected chi connectivity index (χ1v) is 9.72. The predicted octanol–water partition coefficient (Wildman–Crippen LogP) is 3.68. The van der Waals surface area contributed by atoms with Gasteiger partial charge in [0.25, 0.3) is 0 Å². The molecule has 1 aromatic carbocycles. The Morgan fingerprint density at radius 1 is 1.15 bits per heavy atom. The molecule has 1 aromatic heterocycles. The number of rotatable bonds is 8. The average molecular weight is 374 g/mol. The van der Waals surface area contributed by atoms with Crippen molar-refractivity contribution in [2.45, 2.75) is 46.3 Å². The van der Waals surface area contributed by atoms with E-state index in [1.807, 2.05) is 30.3 Å². The first-order chi connectivity index (χ1) is 12.5. The maximum atomic E-state index is 12.1. The molecule has 0 spiro atoms. The lowest BCUT2D eigenvalue weighted by atomic mass is 10.2. The normalized spacial score (nSPS) is 11.0. The number of aryl methyl sites for hydroxylation is 1. The molecule has 0 aliphatic carbocycles. The van der Waals surface area contributed by atoms with Crippen molar-refractivity contribution in [2.75, 3.05) is 6.54 Å². The number of benzene rings is 1. The highest BCUT2D eigenvalue weighted by Gasteiger charge is 2.15. The van der Waals surface area contributed by atoms with Crippen LogP contribution in [0.1, 0.15) is 36.3 Å². The Hall–Kier alpha value is -2.18. The van der Waals surface area contributed by atoms with Gasteiger partial charge in [-0.1, -0.05) is 30.3 Å². The van der Waals surface area contributed by atoms with Crippen molar-refractivity contribution in [3.63, 3.8) is 0 Å². The van der Waals surface area contributed by atoms with E-state index in [0.29, 0.717) is 25.6 Å². The smallest absolute Gasteiger partial charge is 0.321 e. The molecule has 5 nitrogen and oxygen atoms in total. The van der Waals surface area contributed by atoms with Crippen LogP contribution in [0, 0.1) is 6.92 Å². The molecule has 26 heavy (non-hydrogen) atoms. The van der Waals surface area contributed by atoms with E-state index in [2.05, 4.69) is 47.8 Å².